The van der Waals surface area contributed by atoms with Gasteiger partial charge in [-0.3, -0.25) is 4.98 Å². The summed E-state index contributed by atoms with van der Waals surface area (Å²) in [5.41, 5.74) is 2.74. The fourth-order valence-corrected chi connectivity index (χ4v) is 2.68. The molecule has 2 aromatic rings. The Kier molecular flexibility index (Phi) is 3.68. The minimum Gasteiger partial charge on any atom is -0.492 e. The number of ether oxygens (including phenoxy) is 1. The van der Waals surface area contributed by atoms with E-state index in [9.17, 15) is 0 Å². The first-order chi connectivity index (χ1) is 9.96. The molecule has 0 amide bonds. The van der Waals surface area contributed by atoms with E-state index in [4.69, 9.17) is 27.9 Å². The zero-order valence-corrected chi connectivity index (χ0v) is 13.4. The summed E-state index contributed by atoms with van der Waals surface area (Å²) in [4.78, 5) is 4.46. The van der Waals surface area contributed by atoms with Crippen molar-refractivity contribution in [2.45, 2.75) is 13.8 Å². The van der Waals surface area contributed by atoms with Gasteiger partial charge in [0.15, 0.2) is 0 Å². The van der Waals surface area contributed by atoms with E-state index in [1.54, 1.807) is 12.3 Å². The van der Waals surface area contributed by atoms with Gasteiger partial charge in [0.2, 0.25) is 0 Å². The van der Waals surface area contributed by atoms with E-state index in [1.807, 2.05) is 24.3 Å². The van der Waals surface area contributed by atoms with Crippen molar-refractivity contribution < 1.29 is 4.74 Å². The molecule has 0 N–H and O–H groups in total. The van der Waals surface area contributed by atoms with Crippen LogP contribution in [0.2, 0.25) is 10.0 Å². The molecule has 1 aromatic carbocycles. The van der Waals surface area contributed by atoms with Crippen LogP contribution in [0.25, 0.3) is 5.57 Å². The maximum absolute atomic E-state index is 6.19. The first-order valence-electron chi connectivity index (χ1n) is 6.73. The van der Waals surface area contributed by atoms with Crippen molar-refractivity contribution in [2.75, 3.05) is 6.61 Å². The van der Waals surface area contributed by atoms with E-state index in [-0.39, 0.29) is 5.41 Å². The van der Waals surface area contributed by atoms with Crippen LogP contribution in [0.4, 0.5) is 0 Å². The Labute approximate surface area is 134 Å². The van der Waals surface area contributed by atoms with E-state index >= 15 is 0 Å². The normalized spacial score (nSPS) is 16.5. The van der Waals surface area contributed by atoms with Crippen molar-refractivity contribution in [3.8, 4) is 5.75 Å². The van der Waals surface area contributed by atoms with Gasteiger partial charge in [-0.25, -0.2) is 0 Å². The monoisotopic (exact) mass is 319 g/mol. The molecule has 0 unspecified atom stereocenters. The zero-order chi connectivity index (χ0) is 15.0. The van der Waals surface area contributed by atoms with Crippen LogP contribution in [0.5, 0.6) is 5.75 Å². The summed E-state index contributed by atoms with van der Waals surface area (Å²) in [5.74, 6) is 0.742. The standard InChI is InChI=1S/C17H15Cl2NO/c1-17(2)9-12(15-5-3-4-6-20-15)11-7-13(18)14(19)8-16(11)21-10-17/h3-9H,10H2,1-2H3. The third-order valence-corrected chi connectivity index (χ3v) is 4.11. The highest BCUT2D eigenvalue weighted by atomic mass is 35.5. The molecule has 21 heavy (non-hydrogen) atoms. The van der Waals surface area contributed by atoms with Gasteiger partial charge in [0, 0.05) is 28.8 Å². The molecule has 4 heteroatoms. The number of halogens is 2. The summed E-state index contributed by atoms with van der Waals surface area (Å²) in [6.45, 7) is 4.84. The van der Waals surface area contributed by atoms with Gasteiger partial charge in [0.05, 0.1) is 22.3 Å². The minimum atomic E-state index is -0.106. The minimum absolute atomic E-state index is 0.106. The number of hydrogen-bond donors (Lipinski definition) is 0. The van der Waals surface area contributed by atoms with Crippen molar-refractivity contribution in [3.63, 3.8) is 0 Å². The zero-order valence-electron chi connectivity index (χ0n) is 11.9. The summed E-state index contributed by atoms with van der Waals surface area (Å²) >= 11 is 12.3. The Hall–Kier alpha value is -1.51. The topological polar surface area (TPSA) is 22.1 Å². The van der Waals surface area contributed by atoms with Crippen LogP contribution in [0.15, 0.2) is 42.6 Å². The second-order valence-corrected chi connectivity index (χ2v) is 6.63. The molecule has 2 heterocycles. The van der Waals surface area contributed by atoms with Gasteiger partial charge < -0.3 is 4.74 Å². The second-order valence-electron chi connectivity index (χ2n) is 5.81. The fourth-order valence-electron chi connectivity index (χ4n) is 2.37. The van der Waals surface area contributed by atoms with Crippen LogP contribution in [0.3, 0.4) is 0 Å². The van der Waals surface area contributed by atoms with Gasteiger partial charge in [-0.2, -0.15) is 0 Å². The summed E-state index contributed by atoms with van der Waals surface area (Å²) in [6.07, 6.45) is 3.97. The Morgan fingerprint density at radius 1 is 1.14 bits per heavy atom. The first-order valence-corrected chi connectivity index (χ1v) is 7.48. The number of aromatic nitrogens is 1. The van der Waals surface area contributed by atoms with E-state index in [2.05, 4.69) is 24.9 Å². The average molecular weight is 320 g/mol. The molecule has 1 aliphatic rings. The maximum atomic E-state index is 6.19. The van der Waals surface area contributed by atoms with Crippen LogP contribution < -0.4 is 4.74 Å². The summed E-state index contributed by atoms with van der Waals surface area (Å²) in [7, 11) is 0. The second kappa shape index (κ2) is 5.36. The average Bonchev–Trinajstić information content (AvgIpc) is 2.58. The lowest BCUT2D eigenvalue weighted by atomic mass is 9.89. The molecule has 0 aliphatic carbocycles. The smallest absolute Gasteiger partial charge is 0.128 e. The molecular weight excluding hydrogens is 305 g/mol. The number of fused-ring (bicyclic) bond motifs is 1. The van der Waals surface area contributed by atoms with Crippen molar-refractivity contribution in [1.29, 1.82) is 0 Å². The predicted molar refractivity (Wildman–Crippen MR) is 87.1 cm³/mol. The van der Waals surface area contributed by atoms with Crippen LogP contribution in [-0.2, 0) is 0 Å². The third-order valence-electron chi connectivity index (χ3n) is 3.39. The summed E-state index contributed by atoms with van der Waals surface area (Å²) < 4.78 is 5.93. The molecule has 0 spiro atoms. The van der Waals surface area contributed by atoms with Crippen molar-refractivity contribution in [2.24, 2.45) is 5.41 Å². The SMILES string of the molecule is CC1(C)C=C(c2ccccn2)c2cc(Cl)c(Cl)cc2OC1. The summed E-state index contributed by atoms with van der Waals surface area (Å²) in [5, 5.41) is 1.01. The van der Waals surface area contributed by atoms with Gasteiger partial charge in [0.1, 0.15) is 5.75 Å². The van der Waals surface area contributed by atoms with Crippen LogP contribution in [0.1, 0.15) is 25.1 Å². The highest BCUT2D eigenvalue weighted by Gasteiger charge is 2.26. The Morgan fingerprint density at radius 3 is 2.62 bits per heavy atom. The van der Waals surface area contributed by atoms with Gasteiger partial charge in [-0.05, 0) is 18.2 Å². The van der Waals surface area contributed by atoms with E-state index in [0.29, 0.717) is 16.7 Å². The molecule has 108 valence electrons. The molecule has 0 atom stereocenters. The lowest BCUT2D eigenvalue weighted by Crippen LogP contribution is -2.17. The molecule has 2 nitrogen and oxygen atoms in total. The van der Waals surface area contributed by atoms with E-state index in [1.165, 1.54) is 0 Å². The highest BCUT2D eigenvalue weighted by Crippen LogP contribution is 2.41. The first kappa shape index (κ1) is 14.4. The number of hydrogen-bond acceptors (Lipinski definition) is 2. The molecule has 1 aliphatic heterocycles. The molecule has 0 saturated carbocycles. The third kappa shape index (κ3) is 2.92. The van der Waals surface area contributed by atoms with Crippen molar-refractivity contribution >= 4 is 28.8 Å². The highest BCUT2D eigenvalue weighted by molar-refractivity contribution is 6.42. The van der Waals surface area contributed by atoms with Gasteiger partial charge >= 0.3 is 0 Å². The molecule has 0 bridgehead atoms. The van der Waals surface area contributed by atoms with Crippen LogP contribution in [-0.4, -0.2) is 11.6 Å². The number of rotatable bonds is 1. The van der Waals surface area contributed by atoms with Gasteiger partial charge in [-0.15, -0.1) is 0 Å². The summed E-state index contributed by atoms with van der Waals surface area (Å²) in [6, 6.07) is 9.48. The van der Waals surface area contributed by atoms with Crippen LogP contribution in [0, 0.1) is 5.41 Å². The molecular formula is C17H15Cl2NO. The number of nitrogens with zero attached hydrogens (tertiary/aromatic N) is 1. The van der Waals surface area contributed by atoms with Crippen molar-refractivity contribution in [1.82, 2.24) is 4.98 Å². The van der Waals surface area contributed by atoms with Gasteiger partial charge in [-0.1, -0.05) is 49.2 Å². The molecule has 3 rings (SSSR count). The Morgan fingerprint density at radius 2 is 1.90 bits per heavy atom. The largest absolute Gasteiger partial charge is 0.492 e. The maximum Gasteiger partial charge on any atom is 0.128 e. The van der Waals surface area contributed by atoms with E-state index in [0.717, 1.165) is 22.6 Å². The Balaban J connectivity index is 2.24. The van der Waals surface area contributed by atoms with E-state index < -0.39 is 0 Å². The van der Waals surface area contributed by atoms with Crippen molar-refractivity contribution in [3.05, 3.63) is 63.9 Å². The predicted octanol–water partition coefficient (Wildman–Crippen LogP) is 5.24. The number of pyridine rings is 1. The quantitative estimate of drug-likeness (QED) is 0.717. The molecule has 0 fully saturated rings. The van der Waals surface area contributed by atoms with Gasteiger partial charge in [0.25, 0.3) is 0 Å². The number of benzene rings is 1. The lowest BCUT2D eigenvalue weighted by Gasteiger charge is -2.18. The Bertz CT molecular complexity index is 708. The lowest BCUT2D eigenvalue weighted by molar-refractivity contribution is 0.225. The van der Waals surface area contributed by atoms with Crippen LogP contribution >= 0.6 is 23.2 Å². The molecule has 0 radical (unpaired) electrons. The molecule has 1 aromatic heterocycles. The molecule has 0 saturated heterocycles. The fraction of sp³-hybridized carbons (Fsp3) is 0.235.